The van der Waals surface area contributed by atoms with Gasteiger partial charge in [-0.15, -0.1) is 0 Å². The van der Waals surface area contributed by atoms with Crippen molar-refractivity contribution < 1.29 is 18.8 Å². The monoisotopic (exact) mass is 381 g/mol. The molecule has 0 spiro atoms. The van der Waals surface area contributed by atoms with E-state index in [2.05, 4.69) is 25.2 Å². The minimum Gasteiger partial charge on any atom is -0.452 e. The number of nitrogens with zero attached hydrogens (tertiary/aromatic N) is 4. The molecule has 0 saturated heterocycles. The summed E-state index contributed by atoms with van der Waals surface area (Å²) in [6, 6.07) is 10.4. The lowest BCUT2D eigenvalue weighted by atomic mass is 10.2. The summed E-state index contributed by atoms with van der Waals surface area (Å²) in [4.78, 5) is 33.2. The Morgan fingerprint density at radius 3 is 2.54 bits per heavy atom. The first-order chi connectivity index (χ1) is 13.6. The quantitative estimate of drug-likeness (QED) is 0.699. The van der Waals surface area contributed by atoms with E-state index in [-0.39, 0.29) is 12.3 Å². The van der Waals surface area contributed by atoms with E-state index in [9.17, 15) is 9.59 Å². The van der Waals surface area contributed by atoms with Crippen molar-refractivity contribution >= 4 is 23.4 Å². The molecule has 2 heterocycles. The molecule has 9 nitrogen and oxygen atoms in total. The second-order valence-electron chi connectivity index (χ2n) is 5.87. The maximum Gasteiger partial charge on any atom is 0.413 e. The lowest BCUT2D eigenvalue weighted by Crippen LogP contribution is -2.25. The summed E-state index contributed by atoms with van der Waals surface area (Å²) in [5, 5.41) is 6.70. The predicted molar refractivity (Wildman–Crippen MR) is 102 cm³/mol. The number of aromatic nitrogens is 3. The smallest absolute Gasteiger partial charge is 0.413 e. The highest BCUT2D eigenvalue weighted by Crippen LogP contribution is 2.18. The van der Waals surface area contributed by atoms with E-state index in [1.54, 1.807) is 55.8 Å². The van der Waals surface area contributed by atoms with Crippen LogP contribution in [0.15, 0.2) is 53.3 Å². The van der Waals surface area contributed by atoms with Gasteiger partial charge >= 0.3 is 6.09 Å². The van der Waals surface area contributed by atoms with E-state index in [1.807, 2.05) is 0 Å². The number of pyridine rings is 1. The normalized spacial score (nSPS) is 10.4. The van der Waals surface area contributed by atoms with Gasteiger partial charge in [0.2, 0.25) is 17.6 Å². The molecule has 144 valence electrons. The summed E-state index contributed by atoms with van der Waals surface area (Å²) in [6.07, 6.45) is 3.34. The van der Waals surface area contributed by atoms with Crippen molar-refractivity contribution in [3.8, 4) is 11.4 Å². The molecule has 2 aromatic heterocycles. The van der Waals surface area contributed by atoms with Gasteiger partial charge < -0.3 is 14.6 Å². The van der Waals surface area contributed by atoms with E-state index in [4.69, 9.17) is 4.52 Å². The second kappa shape index (κ2) is 8.76. The fraction of sp³-hybridized carbons (Fsp3) is 0.211. The van der Waals surface area contributed by atoms with Crippen LogP contribution < -0.4 is 10.2 Å². The summed E-state index contributed by atoms with van der Waals surface area (Å²) in [7, 11) is 2.92. The summed E-state index contributed by atoms with van der Waals surface area (Å²) >= 11 is 0. The Kier molecular flexibility index (Phi) is 5.95. The number of hydrogen-bond acceptors (Lipinski definition) is 7. The van der Waals surface area contributed by atoms with Gasteiger partial charge in [0.15, 0.2) is 0 Å². The minimum atomic E-state index is -0.470. The molecule has 0 aliphatic carbocycles. The third kappa shape index (κ3) is 4.70. The zero-order valence-electron chi connectivity index (χ0n) is 15.5. The van der Waals surface area contributed by atoms with Crippen LogP contribution in [0.5, 0.6) is 0 Å². The van der Waals surface area contributed by atoms with Crippen molar-refractivity contribution in [2.45, 2.75) is 12.8 Å². The second-order valence-corrected chi connectivity index (χ2v) is 5.87. The summed E-state index contributed by atoms with van der Waals surface area (Å²) in [5.74, 6) is 0.665. The van der Waals surface area contributed by atoms with Crippen LogP contribution in [0.2, 0.25) is 0 Å². The maximum absolute atomic E-state index is 12.1. The molecule has 0 atom stereocenters. The van der Waals surface area contributed by atoms with E-state index in [1.165, 1.54) is 12.0 Å². The van der Waals surface area contributed by atoms with E-state index in [0.29, 0.717) is 29.5 Å². The molecular formula is C19H19N5O4. The Bertz CT molecular complexity index is 940. The van der Waals surface area contributed by atoms with Gasteiger partial charge in [0.05, 0.1) is 7.11 Å². The summed E-state index contributed by atoms with van der Waals surface area (Å²) in [6.45, 7) is 0. The number of benzene rings is 1. The van der Waals surface area contributed by atoms with Gasteiger partial charge in [-0.1, -0.05) is 5.16 Å². The molecular weight excluding hydrogens is 362 g/mol. The molecule has 0 unspecified atom stereocenters. The number of nitrogens with one attached hydrogen (secondary N) is 1. The number of carbonyl (C=O) groups excluding carboxylic acids is 2. The highest BCUT2D eigenvalue weighted by atomic mass is 16.5. The highest BCUT2D eigenvalue weighted by Gasteiger charge is 2.12. The number of rotatable bonds is 6. The van der Waals surface area contributed by atoms with Gasteiger partial charge in [0, 0.05) is 49.2 Å². The summed E-state index contributed by atoms with van der Waals surface area (Å²) in [5.41, 5.74) is 2.07. The topological polar surface area (TPSA) is 110 Å². The van der Waals surface area contributed by atoms with Crippen LogP contribution in [0, 0.1) is 0 Å². The van der Waals surface area contributed by atoms with Crippen molar-refractivity contribution in [2.24, 2.45) is 0 Å². The van der Waals surface area contributed by atoms with Gasteiger partial charge in [-0.25, -0.2) is 4.79 Å². The average molecular weight is 381 g/mol. The molecule has 3 rings (SSSR count). The zero-order chi connectivity index (χ0) is 19.9. The molecule has 0 saturated carbocycles. The third-order valence-electron chi connectivity index (χ3n) is 3.96. The summed E-state index contributed by atoms with van der Waals surface area (Å²) < 4.78 is 9.84. The van der Waals surface area contributed by atoms with Crippen LogP contribution in [0.25, 0.3) is 11.4 Å². The van der Waals surface area contributed by atoms with Crippen molar-refractivity contribution in [3.63, 3.8) is 0 Å². The Hall–Kier alpha value is -3.75. The zero-order valence-corrected chi connectivity index (χ0v) is 15.5. The van der Waals surface area contributed by atoms with Crippen LogP contribution in [0.1, 0.15) is 12.3 Å². The highest BCUT2D eigenvalue weighted by molar-refractivity contribution is 5.92. The largest absolute Gasteiger partial charge is 0.452 e. The number of amides is 2. The third-order valence-corrected chi connectivity index (χ3v) is 3.96. The molecule has 1 aromatic carbocycles. The first-order valence-corrected chi connectivity index (χ1v) is 8.51. The average Bonchev–Trinajstić information content (AvgIpc) is 3.21. The van der Waals surface area contributed by atoms with Crippen LogP contribution in [0.4, 0.5) is 16.2 Å². The molecule has 9 heteroatoms. The molecule has 28 heavy (non-hydrogen) atoms. The number of methoxy groups -OCH3 is 1. The number of hydrogen-bond donors (Lipinski definition) is 1. The standard InChI is InChI=1S/C19H19N5O4/c1-24(19(26)27-2)15-5-3-14(4-6-15)21-16(25)7-8-17-22-18(23-28-17)13-9-11-20-12-10-13/h3-6,9-12H,7-8H2,1-2H3,(H,21,25). The SMILES string of the molecule is COC(=O)N(C)c1ccc(NC(=O)CCc2nc(-c3ccncc3)no2)cc1. The van der Waals surface area contributed by atoms with E-state index < -0.39 is 6.09 Å². The van der Waals surface area contributed by atoms with E-state index in [0.717, 1.165) is 5.56 Å². The molecule has 2 amide bonds. The fourth-order valence-electron chi connectivity index (χ4n) is 2.43. The predicted octanol–water partition coefficient (Wildman–Crippen LogP) is 2.91. The van der Waals surface area contributed by atoms with E-state index >= 15 is 0 Å². The van der Waals surface area contributed by atoms with Crippen LogP contribution in [-0.4, -0.2) is 41.3 Å². The molecule has 1 N–H and O–H groups in total. The molecule has 3 aromatic rings. The Labute approximate surface area is 161 Å². The van der Waals surface area contributed by atoms with Gasteiger partial charge in [-0.05, 0) is 36.4 Å². The molecule has 0 fully saturated rings. The van der Waals surface area contributed by atoms with Crippen LogP contribution in [0.3, 0.4) is 0 Å². The van der Waals surface area contributed by atoms with Crippen LogP contribution in [-0.2, 0) is 16.0 Å². The molecule has 0 radical (unpaired) electrons. The Morgan fingerprint density at radius 2 is 1.86 bits per heavy atom. The van der Waals surface area contributed by atoms with Crippen molar-refractivity contribution in [1.82, 2.24) is 15.1 Å². The number of ether oxygens (including phenoxy) is 1. The Balaban J connectivity index is 1.52. The van der Waals surface area contributed by atoms with Crippen molar-refractivity contribution in [3.05, 3.63) is 54.7 Å². The van der Waals surface area contributed by atoms with Crippen molar-refractivity contribution in [1.29, 1.82) is 0 Å². The molecule has 0 bridgehead atoms. The van der Waals surface area contributed by atoms with Crippen LogP contribution >= 0.6 is 0 Å². The fourth-order valence-corrected chi connectivity index (χ4v) is 2.43. The Morgan fingerprint density at radius 1 is 1.14 bits per heavy atom. The van der Waals surface area contributed by atoms with Gasteiger partial charge in [-0.3, -0.25) is 14.7 Å². The van der Waals surface area contributed by atoms with Gasteiger partial charge in [-0.2, -0.15) is 4.98 Å². The first-order valence-electron chi connectivity index (χ1n) is 8.51. The number of anilines is 2. The van der Waals surface area contributed by atoms with Gasteiger partial charge in [0.1, 0.15) is 0 Å². The number of aryl methyl sites for hydroxylation is 1. The van der Waals surface area contributed by atoms with Crippen molar-refractivity contribution in [2.75, 3.05) is 24.4 Å². The lowest BCUT2D eigenvalue weighted by Gasteiger charge is -2.15. The minimum absolute atomic E-state index is 0.183. The first kappa shape index (κ1) is 19.0. The molecule has 0 aliphatic heterocycles. The van der Waals surface area contributed by atoms with Gasteiger partial charge in [0.25, 0.3) is 0 Å². The number of carbonyl (C=O) groups is 2. The maximum atomic E-state index is 12.1. The molecule has 0 aliphatic rings. The lowest BCUT2D eigenvalue weighted by molar-refractivity contribution is -0.116.